The molecule has 0 aliphatic rings. The van der Waals surface area contributed by atoms with Crippen LogP contribution in [0.1, 0.15) is 31.7 Å². The van der Waals surface area contributed by atoms with Crippen molar-refractivity contribution in [3.05, 3.63) is 51.0 Å². The highest BCUT2D eigenvalue weighted by molar-refractivity contribution is 7.13. The van der Waals surface area contributed by atoms with Crippen LogP contribution in [-0.2, 0) is 12.8 Å². The number of aryl methyl sites for hydroxylation is 3. The molecule has 8 heteroatoms. The van der Waals surface area contributed by atoms with Crippen LogP contribution in [0, 0.1) is 19.7 Å². The molecule has 0 radical (unpaired) electrons. The van der Waals surface area contributed by atoms with E-state index in [1.165, 1.54) is 17.4 Å². The Bertz CT molecular complexity index is 902. The average Bonchev–Trinajstić information content (AvgIpc) is 3.16. The quantitative estimate of drug-likeness (QED) is 0.756. The van der Waals surface area contributed by atoms with Crippen molar-refractivity contribution < 1.29 is 13.7 Å². The maximum atomic E-state index is 13.1. The van der Waals surface area contributed by atoms with E-state index in [9.17, 15) is 9.18 Å². The molecular formula is C17H17FN4O2S. The maximum Gasteiger partial charge on any atom is 0.263 e. The van der Waals surface area contributed by atoms with E-state index >= 15 is 0 Å². The van der Waals surface area contributed by atoms with Crippen LogP contribution in [0.4, 0.5) is 4.39 Å². The van der Waals surface area contributed by atoms with Crippen LogP contribution in [0.3, 0.4) is 0 Å². The summed E-state index contributed by atoms with van der Waals surface area (Å²) in [5, 5.41) is 7.54. The van der Waals surface area contributed by atoms with Crippen LogP contribution in [0.2, 0.25) is 0 Å². The molecule has 130 valence electrons. The van der Waals surface area contributed by atoms with Crippen LogP contribution in [0.5, 0.6) is 0 Å². The summed E-state index contributed by atoms with van der Waals surface area (Å²) in [6, 6.07) is 2.92. The first-order chi connectivity index (χ1) is 12.0. The number of rotatable bonds is 5. The predicted octanol–water partition coefficient (Wildman–Crippen LogP) is 3.09. The first-order valence-corrected chi connectivity index (χ1v) is 8.56. The minimum atomic E-state index is -0.398. The Hall–Kier alpha value is -2.61. The molecule has 3 aromatic rings. The number of halogens is 1. The second-order valence-corrected chi connectivity index (χ2v) is 6.61. The van der Waals surface area contributed by atoms with Crippen molar-refractivity contribution in [3.8, 4) is 11.4 Å². The SMILES string of the molecule is CNC(=O)c1sc(CCc2c(-c3ccc(F)cn3)noc2C)nc1C. The molecular weight excluding hydrogens is 343 g/mol. The normalized spacial score (nSPS) is 10.9. The molecule has 0 aromatic carbocycles. The number of nitrogens with one attached hydrogen (secondary N) is 1. The number of hydrogen-bond acceptors (Lipinski definition) is 6. The van der Waals surface area contributed by atoms with Gasteiger partial charge in [0.25, 0.3) is 5.91 Å². The molecule has 0 saturated heterocycles. The zero-order chi connectivity index (χ0) is 18.0. The highest BCUT2D eigenvalue weighted by Gasteiger charge is 2.18. The molecule has 0 aliphatic heterocycles. The van der Waals surface area contributed by atoms with Crippen LogP contribution < -0.4 is 5.32 Å². The minimum Gasteiger partial charge on any atom is -0.361 e. The summed E-state index contributed by atoms with van der Waals surface area (Å²) >= 11 is 1.38. The molecule has 0 spiro atoms. The third-order valence-corrected chi connectivity index (χ3v) is 5.03. The van der Waals surface area contributed by atoms with Gasteiger partial charge >= 0.3 is 0 Å². The van der Waals surface area contributed by atoms with Crippen molar-refractivity contribution in [3.63, 3.8) is 0 Å². The second kappa shape index (κ2) is 7.10. The van der Waals surface area contributed by atoms with Crippen molar-refractivity contribution >= 4 is 17.2 Å². The summed E-state index contributed by atoms with van der Waals surface area (Å²) in [5.74, 6) is 0.171. The molecule has 0 unspecified atom stereocenters. The molecule has 1 N–H and O–H groups in total. The average molecular weight is 360 g/mol. The van der Waals surface area contributed by atoms with Gasteiger partial charge in [-0.05, 0) is 32.4 Å². The number of amides is 1. The number of nitrogens with zero attached hydrogens (tertiary/aromatic N) is 3. The van der Waals surface area contributed by atoms with Gasteiger partial charge in [0, 0.05) is 19.0 Å². The van der Waals surface area contributed by atoms with Gasteiger partial charge in [-0.3, -0.25) is 9.78 Å². The first kappa shape index (κ1) is 17.2. The van der Waals surface area contributed by atoms with E-state index in [-0.39, 0.29) is 5.91 Å². The smallest absolute Gasteiger partial charge is 0.263 e. The maximum absolute atomic E-state index is 13.1. The van der Waals surface area contributed by atoms with Crippen molar-refractivity contribution in [1.82, 2.24) is 20.4 Å². The molecule has 0 bridgehead atoms. The Morgan fingerprint density at radius 3 is 2.80 bits per heavy atom. The second-order valence-electron chi connectivity index (χ2n) is 5.53. The number of carbonyl (C=O) groups excluding carboxylic acids is 1. The van der Waals surface area contributed by atoms with E-state index < -0.39 is 5.82 Å². The Morgan fingerprint density at radius 1 is 1.32 bits per heavy atom. The van der Waals surface area contributed by atoms with Crippen LogP contribution in [0.25, 0.3) is 11.4 Å². The molecule has 0 fully saturated rings. The summed E-state index contributed by atoms with van der Waals surface area (Å²) in [6.45, 7) is 3.65. The molecule has 0 saturated carbocycles. The fourth-order valence-corrected chi connectivity index (χ4v) is 3.53. The van der Waals surface area contributed by atoms with Crippen LogP contribution in [-0.4, -0.2) is 28.1 Å². The lowest BCUT2D eigenvalue weighted by Crippen LogP contribution is -2.17. The molecule has 0 atom stereocenters. The van der Waals surface area contributed by atoms with Gasteiger partial charge in [-0.15, -0.1) is 11.3 Å². The fraction of sp³-hybridized carbons (Fsp3) is 0.294. The summed E-state index contributed by atoms with van der Waals surface area (Å²) in [7, 11) is 1.60. The molecule has 1 amide bonds. The minimum absolute atomic E-state index is 0.126. The lowest BCUT2D eigenvalue weighted by molar-refractivity contribution is 0.0966. The van der Waals surface area contributed by atoms with Crippen LogP contribution in [0.15, 0.2) is 22.9 Å². The van der Waals surface area contributed by atoms with Gasteiger partial charge in [0.1, 0.15) is 22.1 Å². The standard InChI is InChI=1S/C17H17FN4O2S/c1-9-16(17(23)19-3)25-14(21-9)7-5-12-10(2)24-22-15(12)13-6-4-11(18)8-20-13/h4,6,8H,5,7H2,1-3H3,(H,19,23). The van der Waals surface area contributed by atoms with Crippen molar-refractivity contribution in [2.24, 2.45) is 0 Å². The highest BCUT2D eigenvalue weighted by Crippen LogP contribution is 2.26. The first-order valence-electron chi connectivity index (χ1n) is 7.75. The van der Waals surface area contributed by atoms with Crippen molar-refractivity contribution in [2.75, 3.05) is 7.05 Å². The number of carbonyl (C=O) groups is 1. The summed E-state index contributed by atoms with van der Waals surface area (Å²) in [4.78, 5) is 21.0. The Labute approximate surface area is 148 Å². The third-order valence-electron chi connectivity index (χ3n) is 3.82. The van der Waals surface area contributed by atoms with Crippen molar-refractivity contribution in [2.45, 2.75) is 26.7 Å². The highest BCUT2D eigenvalue weighted by atomic mass is 32.1. The van der Waals surface area contributed by atoms with E-state index in [2.05, 4.69) is 20.4 Å². The van der Waals surface area contributed by atoms with E-state index in [1.54, 1.807) is 13.1 Å². The molecule has 6 nitrogen and oxygen atoms in total. The predicted molar refractivity (Wildman–Crippen MR) is 92.1 cm³/mol. The fourth-order valence-electron chi connectivity index (χ4n) is 2.52. The van der Waals surface area contributed by atoms with E-state index in [4.69, 9.17) is 4.52 Å². The Balaban J connectivity index is 1.81. The topological polar surface area (TPSA) is 80.9 Å². The van der Waals surface area contributed by atoms with Gasteiger partial charge in [0.05, 0.1) is 22.6 Å². The Morgan fingerprint density at radius 2 is 2.12 bits per heavy atom. The van der Waals surface area contributed by atoms with Gasteiger partial charge < -0.3 is 9.84 Å². The summed E-state index contributed by atoms with van der Waals surface area (Å²) in [6.07, 6.45) is 2.45. The largest absolute Gasteiger partial charge is 0.361 e. The number of pyridine rings is 1. The van der Waals surface area contributed by atoms with Gasteiger partial charge in [0.2, 0.25) is 0 Å². The zero-order valence-corrected chi connectivity index (χ0v) is 14.9. The van der Waals surface area contributed by atoms with E-state index in [1.807, 2.05) is 13.8 Å². The number of thiazole rings is 1. The van der Waals surface area contributed by atoms with Gasteiger partial charge in [-0.2, -0.15) is 0 Å². The molecule has 0 aliphatic carbocycles. The molecule has 3 heterocycles. The van der Waals surface area contributed by atoms with E-state index in [0.717, 1.165) is 22.5 Å². The lowest BCUT2D eigenvalue weighted by Gasteiger charge is -2.01. The Kier molecular flexibility index (Phi) is 4.89. The molecule has 3 aromatic heterocycles. The summed E-state index contributed by atoms with van der Waals surface area (Å²) in [5.41, 5.74) is 2.81. The van der Waals surface area contributed by atoms with Gasteiger partial charge in [-0.25, -0.2) is 9.37 Å². The molecule has 3 rings (SSSR count). The monoisotopic (exact) mass is 360 g/mol. The zero-order valence-electron chi connectivity index (χ0n) is 14.1. The third kappa shape index (κ3) is 3.58. The summed E-state index contributed by atoms with van der Waals surface area (Å²) < 4.78 is 18.4. The number of aromatic nitrogens is 3. The molecule has 25 heavy (non-hydrogen) atoms. The number of hydrogen-bond donors (Lipinski definition) is 1. The lowest BCUT2D eigenvalue weighted by atomic mass is 10.1. The van der Waals surface area contributed by atoms with Crippen LogP contribution >= 0.6 is 11.3 Å². The van der Waals surface area contributed by atoms with Crippen molar-refractivity contribution in [1.29, 1.82) is 0 Å². The van der Waals surface area contributed by atoms with Gasteiger partial charge in [-0.1, -0.05) is 5.16 Å². The van der Waals surface area contributed by atoms with E-state index in [0.29, 0.717) is 34.9 Å². The van der Waals surface area contributed by atoms with Gasteiger partial charge in [0.15, 0.2) is 0 Å².